The predicted octanol–water partition coefficient (Wildman–Crippen LogP) is 4.37. The first kappa shape index (κ1) is 20.0. The molecular formula is C26H27NO3. The molecule has 3 aromatic rings. The van der Waals surface area contributed by atoms with Gasteiger partial charge >= 0.3 is 0 Å². The summed E-state index contributed by atoms with van der Waals surface area (Å²) in [5.41, 5.74) is 3.28. The molecule has 30 heavy (non-hydrogen) atoms. The van der Waals surface area contributed by atoms with Crippen LogP contribution in [0.4, 0.5) is 0 Å². The van der Waals surface area contributed by atoms with Crippen LogP contribution in [-0.4, -0.2) is 26.7 Å². The Morgan fingerprint density at radius 3 is 2.07 bits per heavy atom. The van der Waals surface area contributed by atoms with Gasteiger partial charge in [0.25, 0.3) is 0 Å². The highest BCUT2D eigenvalue weighted by molar-refractivity contribution is 5.86. The van der Waals surface area contributed by atoms with Crippen LogP contribution in [0, 0.1) is 5.92 Å². The van der Waals surface area contributed by atoms with Gasteiger partial charge in [0, 0.05) is 12.0 Å². The second kappa shape index (κ2) is 8.62. The van der Waals surface area contributed by atoms with Gasteiger partial charge in [0.1, 0.15) is 0 Å². The maximum absolute atomic E-state index is 13.0. The van der Waals surface area contributed by atoms with Crippen molar-refractivity contribution >= 4 is 5.91 Å². The van der Waals surface area contributed by atoms with E-state index in [1.807, 2.05) is 54.6 Å². The zero-order chi connectivity index (χ0) is 21.0. The van der Waals surface area contributed by atoms with Crippen LogP contribution < -0.4 is 14.8 Å². The molecule has 1 saturated carbocycles. The Labute approximate surface area is 177 Å². The molecule has 1 aliphatic carbocycles. The van der Waals surface area contributed by atoms with Gasteiger partial charge in [-0.3, -0.25) is 4.79 Å². The molecule has 0 heterocycles. The van der Waals surface area contributed by atoms with Crippen molar-refractivity contribution in [2.75, 3.05) is 20.8 Å². The Kier molecular flexibility index (Phi) is 5.75. The zero-order valence-corrected chi connectivity index (χ0v) is 17.4. The monoisotopic (exact) mass is 401 g/mol. The summed E-state index contributed by atoms with van der Waals surface area (Å²) in [5.74, 6) is 1.48. The molecule has 0 radical (unpaired) electrons. The fraction of sp³-hybridized carbons (Fsp3) is 0.269. The van der Waals surface area contributed by atoms with E-state index in [1.165, 1.54) is 11.1 Å². The molecule has 0 saturated heterocycles. The minimum atomic E-state index is -0.226. The van der Waals surface area contributed by atoms with E-state index in [4.69, 9.17) is 9.47 Å². The molecule has 4 heteroatoms. The Bertz CT molecular complexity index is 962. The van der Waals surface area contributed by atoms with E-state index in [0.717, 1.165) is 18.4 Å². The standard InChI is InChI=1S/C26H27NO3/c1-29-23-14-13-19(17-24(23)30-2)15-16-27-25(28)22-18-26(22,20-9-5-3-6-10-20)21-11-7-4-8-12-21/h3-14,17,22H,15-16,18H2,1-2H3,(H,27,28)/t22-/m0/s1. The van der Waals surface area contributed by atoms with E-state index in [0.29, 0.717) is 18.0 Å². The molecule has 0 aliphatic heterocycles. The van der Waals surface area contributed by atoms with Gasteiger partial charge in [0.05, 0.1) is 20.1 Å². The van der Waals surface area contributed by atoms with Crippen molar-refractivity contribution in [1.29, 1.82) is 0 Å². The number of amides is 1. The highest BCUT2D eigenvalue weighted by atomic mass is 16.5. The normalized spacial score (nSPS) is 16.5. The van der Waals surface area contributed by atoms with Gasteiger partial charge in [-0.25, -0.2) is 0 Å². The molecule has 1 fully saturated rings. The summed E-state index contributed by atoms with van der Waals surface area (Å²) in [4.78, 5) is 13.0. The highest BCUT2D eigenvalue weighted by Gasteiger charge is 2.59. The van der Waals surface area contributed by atoms with Crippen LogP contribution in [0.3, 0.4) is 0 Å². The van der Waals surface area contributed by atoms with Crippen molar-refractivity contribution in [2.45, 2.75) is 18.3 Å². The molecule has 4 rings (SSSR count). The fourth-order valence-corrected chi connectivity index (χ4v) is 4.34. The van der Waals surface area contributed by atoms with Gasteiger partial charge in [0.2, 0.25) is 5.91 Å². The number of benzene rings is 3. The maximum Gasteiger partial charge on any atom is 0.224 e. The lowest BCUT2D eigenvalue weighted by Crippen LogP contribution is -2.30. The summed E-state index contributed by atoms with van der Waals surface area (Å²) in [6, 6.07) is 26.6. The van der Waals surface area contributed by atoms with Gasteiger partial charge in [-0.1, -0.05) is 66.7 Å². The summed E-state index contributed by atoms with van der Waals surface area (Å²) in [6.07, 6.45) is 1.58. The summed E-state index contributed by atoms with van der Waals surface area (Å²) in [6.45, 7) is 0.588. The highest BCUT2D eigenvalue weighted by Crippen LogP contribution is 2.58. The quantitative estimate of drug-likeness (QED) is 0.610. The van der Waals surface area contributed by atoms with E-state index in [9.17, 15) is 4.79 Å². The molecule has 4 nitrogen and oxygen atoms in total. The summed E-state index contributed by atoms with van der Waals surface area (Å²) in [5, 5.41) is 3.14. The first-order valence-electron chi connectivity index (χ1n) is 10.3. The third-order valence-corrected chi connectivity index (χ3v) is 6.02. The predicted molar refractivity (Wildman–Crippen MR) is 118 cm³/mol. The van der Waals surface area contributed by atoms with Crippen molar-refractivity contribution < 1.29 is 14.3 Å². The maximum atomic E-state index is 13.0. The topological polar surface area (TPSA) is 47.6 Å². The Morgan fingerprint density at radius 1 is 0.900 bits per heavy atom. The van der Waals surface area contributed by atoms with Crippen LogP contribution in [0.2, 0.25) is 0 Å². The van der Waals surface area contributed by atoms with E-state index in [-0.39, 0.29) is 17.2 Å². The molecule has 154 valence electrons. The number of rotatable bonds is 8. The SMILES string of the molecule is COc1ccc(CCNC(=O)[C@@H]2CC2(c2ccccc2)c2ccccc2)cc1OC. The first-order chi connectivity index (χ1) is 14.7. The third-order valence-electron chi connectivity index (χ3n) is 6.02. The first-order valence-corrected chi connectivity index (χ1v) is 10.3. The van der Waals surface area contributed by atoms with E-state index >= 15 is 0 Å². The molecule has 1 aliphatic rings. The lowest BCUT2D eigenvalue weighted by Gasteiger charge is -2.19. The van der Waals surface area contributed by atoms with Crippen LogP contribution in [0.25, 0.3) is 0 Å². The van der Waals surface area contributed by atoms with Crippen LogP contribution in [0.5, 0.6) is 11.5 Å². The molecule has 1 N–H and O–H groups in total. The largest absolute Gasteiger partial charge is 0.493 e. The van der Waals surface area contributed by atoms with Crippen molar-refractivity contribution in [1.82, 2.24) is 5.32 Å². The number of methoxy groups -OCH3 is 2. The van der Waals surface area contributed by atoms with Crippen molar-refractivity contribution in [2.24, 2.45) is 5.92 Å². The number of hydrogen-bond donors (Lipinski definition) is 1. The smallest absolute Gasteiger partial charge is 0.224 e. The van der Waals surface area contributed by atoms with Crippen LogP contribution in [-0.2, 0) is 16.6 Å². The van der Waals surface area contributed by atoms with Crippen LogP contribution >= 0.6 is 0 Å². The molecule has 1 amide bonds. The van der Waals surface area contributed by atoms with Gasteiger partial charge in [-0.05, 0) is 41.7 Å². The molecule has 1 atom stereocenters. The number of nitrogens with one attached hydrogen (secondary N) is 1. The lowest BCUT2D eigenvalue weighted by molar-refractivity contribution is -0.122. The average molecular weight is 402 g/mol. The van der Waals surface area contributed by atoms with Crippen LogP contribution in [0.15, 0.2) is 78.9 Å². The summed E-state index contributed by atoms with van der Waals surface area (Å²) < 4.78 is 10.7. The van der Waals surface area contributed by atoms with Crippen molar-refractivity contribution in [3.8, 4) is 11.5 Å². The van der Waals surface area contributed by atoms with E-state index in [1.54, 1.807) is 14.2 Å². The Balaban J connectivity index is 1.44. The third kappa shape index (κ3) is 3.78. The van der Waals surface area contributed by atoms with Gasteiger partial charge in [0.15, 0.2) is 11.5 Å². The average Bonchev–Trinajstić information content (AvgIpc) is 3.57. The fourth-order valence-electron chi connectivity index (χ4n) is 4.34. The molecular weight excluding hydrogens is 374 g/mol. The van der Waals surface area contributed by atoms with Gasteiger partial charge in [-0.15, -0.1) is 0 Å². The van der Waals surface area contributed by atoms with Gasteiger partial charge < -0.3 is 14.8 Å². The van der Waals surface area contributed by atoms with Gasteiger partial charge in [-0.2, -0.15) is 0 Å². The van der Waals surface area contributed by atoms with E-state index < -0.39 is 0 Å². The molecule has 0 spiro atoms. The molecule has 0 bridgehead atoms. The second-order valence-corrected chi connectivity index (χ2v) is 7.69. The van der Waals surface area contributed by atoms with Crippen molar-refractivity contribution in [3.05, 3.63) is 95.6 Å². The lowest BCUT2D eigenvalue weighted by atomic mass is 9.85. The molecule has 3 aromatic carbocycles. The number of hydrogen-bond acceptors (Lipinski definition) is 3. The number of ether oxygens (including phenoxy) is 2. The van der Waals surface area contributed by atoms with Crippen LogP contribution in [0.1, 0.15) is 23.1 Å². The molecule has 0 unspecified atom stereocenters. The minimum absolute atomic E-state index is 0.0484. The summed E-state index contributed by atoms with van der Waals surface area (Å²) in [7, 11) is 3.25. The number of carbonyl (C=O) groups is 1. The molecule has 0 aromatic heterocycles. The van der Waals surface area contributed by atoms with E-state index in [2.05, 4.69) is 29.6 Å². The van der Waals surface area contributed by atoms with Crippen molar-refractivity contribution in [3.63, 3.8) is 0 Å². The zero-order valence-electron chi connectivity index (χ0n) is 17.4. The second-order valence-electron chi connectivity index (χ2n) is 7.69. The number of carbonyl (C=O) groups excluding carboxylic acids is 1. The minimum Gasteiger partial charge on any atom is -0.493 e. The summed E-state index contributed by atoms with van der Waals surface area (Å²) >= 11 is 0. The Morgan fingerprint density at radius 2 is 1.50 bits per heavy atom. The Hall–Kier alpha value is -3.27.